The SMILES string of the molecule is CC(C)Oc1cc2c(OCC3CN(C)C3)ccnc2cc1C(N)=O. The van der Waals surface area contributed by atoms with Crippen molar-refractivity contribution in [3.05, 3.63) is 30.0 Å². The molecule has 1 fully saturated rings. The van der Waals surface area contributed by atoms with Gasteiger partial charge in [-0.05, 0) is 39.1 Å². The highest BCUT2D eigenvalue weighted by atomic mass is 16.5. The quantitative estimate of drug-likeness (QED) is 0.878. The van der Waals surface area contributed by atoms with Gasteiger partial charge in [-0.25, -0.2) is 0 Å². The van der Waals surface area contributed by atoms with Gasteiger partial charge in [-0.2, -0.15) is 0 Å². The molecule has 6 nitrogen and oxygen atoms in total. The van der Waals surface area contributed by atoms with E-state index in [9.17, 15) is 4.79 Å². The summed E-state index contributed by atoms with van der Waals surface area (Å²) in [7, 11) is 2.10. The lowest BCUT2D eigenvalue weighted by molar-refractivity contribution is 0.0863. The molecule has 1 saturated heterocycles. The monoisotopic (exact) mass is 329 g/mol. The highest BCUT2D eigenvalue weighted by Gasteiger charge is 2.24. The van der Waals surface area contributed by atoms with E-state index < -0.39 is 5.91 Å². The van der Waals surface area contributed by atoms with Gasteiger partial charge in [-0.15, -0.1) is 0 Å². The molecule has 0 saturated carbocycles. The van der Waals surface area contributed by atoms with Gasteiger partial charge in [-0.1, -0.05) is 0 Å². The maximum Gasteiger partial charge on any atom is 0.252 e. The summed E-state index contributed by atoms with van der Waals surface area (Å²) in [6.07, 6.45) is 1.62. The highest BCUT2D eigenvalue weighted by Crippen LogP contribution is 2.32. The molecule has 1 aliphatic rings. The Morgan fingerprint density at radius 1 is 1.38 bits per heavy atom. The zero-order chi connectivity index (χ0) is 17.3. The van der Waals surface area contributed by atoms with Crippen LogP contribution in [0.25, 0.3) is 10.9 Å². The van der Waals surface area contributed by atoms with Crippen molar-refractivity contribution >= 4 is 16.8 Å². The molecule has 24 heavy (non-hydrogen) atoms. The highest BCUT2D eigenvalue weighted by molar-refractivity contribution is 6.01. The first-order chi connectivity index (χ1) is 11.4. The molecule has 2 N–H and O–H groups in total. The van der Waals surface area contributed by atoms with Gasteiger partial charge in [0.25, 0.3) is 5.91 Å². The number of nitrogens with zero attached hydrogens (tertiary/aromatic N) is 2. The lowest BCUT2D eigenvalue weighted by Gasteiger charge is -2.35. The third-order valence-corrected chi connectivity index (χ3v) is 4.05. The summed E-state index contributed by atoms with van der Waals surface area (Å²) >= 11 is 0. The van der Waals surface area contributed by atoms with Gasteiger partial charge in [0.05, 0.1) is 23.8 Å². The zero-order valence-electron chi connectivity index (χ0n) is 14.3. The molecule has 1 aromatic carbocycles. The second-order valence-electron chi connectivity index (χ2n) is 6.60. The Hall–Kier alpha value is -2.34. The van der Waals surface area contributed by atoms with Crippen molar-refractivity contribution < 1.29 is 14.3 Å². The summed E-state index contributed by atoms with van der Waals surface area (Å²) in [6, 6.07) is 5.30. The number of rotatable bonds is 6. The zero-order valence-corrected chi connectivity index (χ0v) is 14.3. The van der Waals surface area contributed by atoms with Gasteiger partial charge >= 0.3 is 0 Å². The number of carbonyl (C=O) groups is 1. The van der Waals surface area contributed by atoms with Crippen LogP contribution in [-0.4, -0.2) is 48.6 Å². The molecule has 0 bridgehead atoms. The van der Waals surface area contributed by atoms with Crippen LogP contribution < -0.4 is 15.2 Å². The molecule has 2 heterocycles. The Bertz CT molecular complexity index is 755. The maximum absolute atomic E-state index is 11.7. The summed E-state index contributed by atoms with van der Waals surface area (Å²) in [5.41, 5.74) is 6.48. The smallest absolute Gasteiger partial charge is 0.252 e. The van der Waals surface area contributed by atoms with E-state index in [-0.39, 0.29) is 6.10 Å². The predicted octanol–water partition coefficient (Wildman–Crippen LogP) is 2.06. The van der Waals surface area contributed by atoms with Gasteiger partial charge < -0.3 is 20.1 Å². The third-order valence-electron chi connectivity index (χ3n) is 4.05. The van der Waals surface area contributed by atoms with E-state index in [4.69, 9.17) is 15.2 Å². The molecule has 6 heteroatoms. The number of nitrogens with two attached hydrogens (primary N) is 1. The minimum Gasteiger partial charge on any atom is -0.492 e. The number of carbonyl (C=O) groups excluding carboxylic acids is 1. The first-order valence-corrected chi connectivity index (χ1v) is 8.14. The van der Waals surface area contributed by atoms with E-state index in [2.05, 4.69) is 16.9 Å². The summed E-state index contributed by atoms with van der Waals surface area (Å²) < 4.78 is 11.7. The fraction of sp³-hybridized carbons (Fsp3) is 0.444. The summed E-state index contributed by atoms with van der Waals surface area (Å²) in [4.78, 5) is 18.3. The van der Waals surface area contributed by atoms with E-state index >= 15 is 0 Å². The van der Waals surface area contributed by atoms with Crippen LogP contribution in [0.5, 0.6) is 11.5 Å². The molecular weight excluding hydrogens is 306 g/mol. The fourth-order valence-corrected chi connectivity index (χ4v) is 2.96. The molecule has 0 atom stereocenters. The number of amides is 1. The van der Waals surface area contributed by atoms with Crippen molar-refractivity contribution in [3.8, 4) is 11.5 Å². The topological polar surface area (TPSA) is 77.7 Å². The van der Waals surface area contributed by atoms with Crippen molar-refractivity contribution in [1.82, 2.24) is 9.88 Å². The number of benzene rings is 1. The van der Waals surface area contributed by atoms with E-state index in [1.165, 1.54) is 0 Å². The lowest BCUT2D eigenvalue weighted by atomic mass is 10.0. The summed E-state index contributed by atoms with van der Waals surface area (Å²) in [6.45, 7) is 6.58. The van der Waals surface area contributed by atoms with Gasteiger partial charge in [0.2, 0.25) is 0 Å². The lowest BCUT2D eigenvalue weighted by Crippen LogP contribution is -2.46. The average Bonchev–Trinajstić information content (AvgIpc) is 2.49. The number of ether oxygens (including phenoxy) is 2. The van der Waals surface area contributed by atoms with Crippen LogP contribution in [0, 0.1) is 5.92 Å². The van der Waals surface area contributed by atoms with Gasteiger partial charge in [0, 0.05) is 30.6 Å². The first kappa shape index (κ1) is 16.5. The molecule has 0 spiro atoms. The second-order valence-corrected chi connectivity index (χ2v) is 6.60. The van der Waals surface area contributed by atoms with E-state index in [0.29, 0.717) is 29.4 Å². The number of fused-ring (bicyclic) bond motifs is 1. The Balaban J connectivity index is 1.93. The van der Waals surface area contributed by atoms with Crippen molar-refractivity contribution in [1.29, 1.82) is 0 Å². The number of hydrogen-bond donors (Lipinski definition) is 1. The second kappa shape index (κ2) is 6.65. The predicted molar refractivity (Wildman–Crippen MR) is 92.5 cm³/mol. The van der Waals surface area contributed by atoms with Crippen molar-refractivity contribution in [2.45, 2.75) is 20.0 Å². The standard InChI is InChI=1S/C18H23N3O3/c1-11(2)24-17-7-13-15(6-14(17)18(19)22)20-5-4-16(13)23-10-12-8-21(3)9-12/h4-7,11-12H,8-10H2,1-3H3,(H2,19,22). The number of primary amides is 1. The van der Waals surface area contributed by atoms with Crippen LogP contribution in [0.4, 0.5) is 0 Å². The van der Waals surface area contributed by atoms with Crippen LogP contribution in [0.15, 0.2) is 24.4 Å². The Morgan fingerprint density at radius 2 is 2.12 bits per heavy atom. The van der Waals surface area contributed by atoms with Crippen molar-refractivity contribution in [2.75, 3.05) is 26.7 Å². The molecule has 2 aromatic rings. The van der Waals surface area contributed by atoms with Crippen LogP contribution in [0.3, 0.4) is 0 Å². The number of aromatic nitrogens is 1. The largest absolute Gasteiger partial charge is 0.492 e. The van der Waals surface area contributed by atoms with E-state index in [1.54, 1.807) is 18.3 Å². The third kappa shape index (κ3) is 3.43. The number of likely N-dealkylation sites (tertiary alicyclic amines) is 1. The molecule has 1 amide bonds. The molecule has 0 aliphatic carbocycles. The number of pyridine rings is 1. The Labute approximate surface area is 141 Å². The van der Waals surface area contributed by atoms with Gasteiger partial charge in [0.15, 0.2) is 0 Å². The molecular formula is C18H23N3O3. The molecule has 128 valence electrons. The van der Waals surface area contributed by atoms with Crippen LogP contribution in [0.2, 0.25) is 0 Å². The van der Waals surface area contributed by atoms with Crippen LogP contribution >= 0.6 is 0 Å². The van der Waals surface area contributed by atoms with Crippen LogP contribution in [-0.2, 0) is 0 Å². The van der Waals surface area contributed by atoms with Gasteiger partial charge in [-0.3, -0.25) is 9.78 Å². The minimum atomic E-state index is -0.529. The van der Waals surface area contributed by atoms with Gasteiger partial charge in [0.1, 0.15) is 11.5 Å². The minimum absolute atomic E-state index is 0.0629. The van der Waals surface area contributed by atoms with Crippen molar-refractivity contribution in [2.24, 2.45) is 11.7 Å². The summed E-state index contributed by atoms with van der Waals surface area (Å²) in [5, 5.41) is 0.825. The summed E-state index contributed by atoms with van der Waals surface area (Å²) in [5.74, 6) is 1.23. The van der Waals surface area contributed by atoms with Crippen LogP contribution in [0.1, 0.15) is 24.2 Å². The Kier molecular flexibility index (Phi) is 4.57. The molecule has 0 unspecified atom stereocenters. The maximum atomic E-state index is 11.7. The van der Waals surface area contributed by atoms with Crippen molar-refractivity contribution in [3.63, 3.8) is 0 Å². The fourth-order valence-electron chi connectivity index (χ4n) is 2.96. The van der Waals surface area contributed by atoms with E-state index in [1.807, 2.05) is 19.9 Å². The Morgan fingerprint density at radius 3 is 2.75 bits per heavy atom. The molecule has 0 radical (unpaired) electrons. The first-order valence-electron chi connectivity index (χ1n) is 8.14. The number of hydrogen-bond acceptors (Lipinski definition) is 5. The molecule has 1 aliphatic heterocycles. The molecule has 3 rings (SSSR count). The average molecular weight is 329 g/mol. The normalized spacial score (nSPS) is 15.5. The van der Waals surface area contributed by atoms with E-state index in [0.717, 1.165) is 24.2 Å². The molecule has 1 aromatic heterocycles.